The van der Waals surface area contributed by atoms with E-state index in [0.717, 1.165) is 41.0 Å². The number of benzene rings is 2. The van der Waals surface area contributed by atoms with Gasteiger partial charge < -0.3 is 20.4 Å². The molecule has 1 saturated carbocycles. The minimum absolute atomic E-state index is 0.287. The minimum Gasteiger partial charge on any atom is -0.456 e. The van der Waals surface area contributed by atoms with Crippen LogP contribution in [0.15, 0.2) is 42.6 Å². The van der Waals surface area contributed by atoms with Crippen LogP contribution >= 0.6 is 0 Å². The van der Waals surface area contributed by atoms with Gasteiger partial charge in [-0.2, -0.15) is 0 Å². The molecule has 2 aromatic carbocycles. The minimum atomic E-state index is -0.287. The van der Waals surface area contributed by atoms with Crippen molar-refractivity contribution in [2.45, 2.75) is 44.7 Å². The fourth-order valence-electron chi connectivity index (χ4n) is 3.59. The normalized spacial score (nSPS) is 19.2. The Bertz CT molecular complexity index is 903. The average molecular weight is 379 g/mol. The summed E-state index contributed by atoms with van der Waals surface area (Å²) in [5, 5.41) is 11.3. The number of allylic oxidation sites excluding steroid dienone is 1. The molecule has 1 fully saturated rings. The highest BCUT2D eigenvalue weighted by Gasteiger charge is 2.26. The number of rotatable bonds is 6. The predicted molar refractivity (Wildman–Crippen MR) is 112 cm³/mol. The summed E-state index contributed by atoms with van der Waals surface area (Å²) < 4.78 is 19.6. The SMILES string of the molecule is CC1CCc2c(ccc(/C(C=N)=C/NC3CC3)c2Oc2ccc(F)cc2)N1C. The summed E-state index contributed by atoms with van der Waals surface area (Å²) in [5.41, 5.74) is 3.96. The van der Waals surface area contributed by atoms with Gasteiger partial charge >= 0.3 is 0 Å². The van der Waals surface area contributed by atoms with Crippen LogP contribution in [-0.2, 0) is 6.42 Å². The Balaban J connectivity index is 1.79. The molecule has 1 aliphatic heterocycles. The monoisotopic (exact) mass is 379 g/mol. The number of nitrogens with one attached hydrogen (secondary N) is 2. The van der Waals surface area contributed by atoms with Gasteiger partial charge in [0.25, 0.3) is 0 Å². The Morgan fingerprint density at radius 2 is 1.93 bits per heavy atom. The Morgan fingerprint density at radius 1 is 1.18 bits per heavy atom. The van der Waals surface area contributed by atoms with E-state index in [4.69, 9.17) is 10.1 Å². The van der Waals surface area contributed by atoms with E-state index < -0.39 is 0 Å². The van der Waals surface area contributed by atoms with E-state index in [1.807, 2.05) is 12.3 Å². The van der Waals surface area contributed by atoms with Crippen LogP contribution in [0, 0.1) is 11.2 Å². The molecular weight excluding hydrogens is 353 g/mol. The van der Waals surface area contributed by atoms with Crippen LogP contribution in [0.2, 0.25) is 0 Å². The van der Waals surface area contributed by atoms with Crippen molar-refractivity contribution in [3.05, 3.63) is 59.5 Å². The van der Waals surface area contributed by atoms with Crippen LogP contribution in [-0.4, -0.2) is 25.3 Å². The lowest BCUT2D eigenvalue weighted by Gasteiger charge is -2.35. The van der Waals surface area contributed by atoms with Crippen LogP contribution in [0.1, 0.15) is 37.3 Å². The van der Waals surface area contributed by atoms with Crippen molar-refractivity contribution >= 4 is 17.5 Å². The van der Waals surface area contributed by atoms with Crippen LogP contribution in [0.3, 0.4) is 0 Å². The second kappa shape index (κ2) is 7.66. The molecule has 0 spiro atoms. The lowest BCUT2D eigenvalue weighted by molar-refractivity contribution is 0.466. The van der Waals surface area contributed by atoms with Gasteiger partial charge in [0.15, 0.2) is 0 Å². The average Bonchev–Trinajstić information content (AvgIpc) is 3.52. The Morgan fingerprint density at radius 3 is 2.61 bits per heavy atom. The summed E-state index contributed by atoms with van der Waals surface area (Å²) in [5.74, 6) is 1.07. The molecule has 0 saturated heterocycles. The topological polar surface area (TPSA) is 48.4 Å². The van der Waals surface area contributed by atoms with Crippen molar-refractivity contribution in [1.82, 2.24) is 5.32 Å². The van der Waals surface area contributed by atoms with Gasteiger partial charge in [-0.05, 0) is 69.0 Å². The van der Waals surface area contributed by atoms with Gasteiger partial charge in [-0.15, -0.1) is 0 Å². The molecule has 2 aliphatic rings. The Hall–Kier alpha value is -2.82. The maximum atomic E-state index is 13.3. The van der Waals surface area contributed by atoms with Gasteiger partial charge in [0.1, 0.15) is 17.3 Å². The first-order valence-corrected chi connectivity index (χ1v) is 9.86. The molecule has 146 valence electrons. The Labute approximate surface area is 165 Å². The number of anilines is 1. The summed E-state index contributed by atoms with van der Waals surface area (Å²) in [7, 11) is 2.10. The van der Waals surface area contributed by atoms with Crippen LogP contribution in [0.5, 0.6) is 11.5 Å². The van der Waals surface area contributed by atoms with E-state index in [1.165, 1.54) is 31.2 Å². The standard InChI is InChI=1S/C23H26FN3O/c1-15-3-10-21-22(27(15)2)12-11-20(16(13-25)14-26-18-6-7-18)23(21)28-19-8-4-17(24)5-9-19/h4-5,8-9,11-15,18,25-26H,3,6-7,10H2,1-2H3/b16-14+,25-13?. The third kappa shape index (κ3) is 3.75. The molecule has 4 rings (SSSR count). The van der Waals surface area contributed by atoms with E-state index in [-0.39, 0.29) is 5.82 Å². The van der Waals surface area contributed by atoms with E-state index in [2.05, 4.69) is 30.3 Å². The molecule has 1 unspecified atom stereocenters. The third-order valence-electron chi connectivity index (χ3n) is 5.64. The van der Waals surface area contributed by atoms with Crippen molar-refractivity contribution in [2.75, 3.05) is 11.9 Å². The van der Waals surface area contributed by atoms with Gasteiger partial charge in [-0.3, -0.25) is 0 Å². The number of nitrogens with zero attached hydrogens (tertiary/aromatic N) is 1. The number of fused-ring (bicyclic) bond motifs is 1. The zero-order chi connectivity index (χ0) is 19.7. The number of hydrogen-bond donors (Lipinski definition) is 2. The van der Waals surface area contributed by atoms with Crippen molar-refractivity contribution in [3.8, 4) is 11.5 Å². The summed E-state index contributed by atoms with van der Waals surface area (Å²) in [6, 6.07) is 11.2. The van der Waals surface area contributed by atoms with Gasteiger partial charge in [0.2, 0.25) is 0 Å². The first-order chi connectivity index (χ1) is 13.6. The van der Waals surface area contributed by atoms with Gasteiger partial charge in [-0.1, -0.05) is 0 Å². The van der Waals surface area contributed by atoms with Crippen molar-refractivity contribution in [1.29, 1.82) is 5.41 Å². The first-order valence-electron chi connectivity index (χ1n) is 9.86. The van der Waals surface area contributed by atoms with E-state index in [9.17, 15) is 4.39 Å². The second-order valence-electron chi connectivity index (χ2n) is 7.68. The number of ether oxygens (including phenoxy) is 1. The fourth-order valence-corrected chi connectivity index (χ4v) is 3.59. The number of halogens is 1. The molecule has 1 heterocycles. The summed E-state index contributed by atoms with van der Waals surface area (Å²) in [6.07, 6.45) is 7.58. The molecule has 1 aliphatic carbocycles. The maximum Gasteiger partial charge on any atom is 0.140 e. The molecule has 1 atom stereocenters. The zero-order valence-electron chi connectivity index (χ0n) is 16.3. The fraction of sp³-hybridized carbons (Fsp3) is 0.348. The van der Waals surface area contributed by atoms with Crippen LogP contribution < -0.4 is 15.0 Å². The molecule has 0 amide bonds. The number of hydrogen-bond acceptors (Lipinski definition) is 4. The predicted octanol–water partition coefficient (Wildman–Crippen LogP) is 5.13. The molecule has 0 radical (unpaired) electrons. The highest BCUT2D eigenvalue weighted by Crippen LogP contribution is 2.42. The molecule has 2 aromatic rings. The quantitative estimate of drug-likeness (QED) is 0.684. The highest BCUT2D eigenvalue weighted by atomic mass is 19.1. The van der Waals surface area contributed by atoms with E-state index in [1.54, 1.807) is 12.1 Å². The van der Waals surface area contributed by atoms with Crippen molar-refractivity contribution in [2.24, 2.45) is 0 Å². The van der Waals surface area contributed by atoms with Gasteiger partial charge in [0, 0.05) is 53.9 Å². The Kier molecular flexibility index (Phi) is 5.07. The summed E-state index contributed by atoms with van der Waals surface area (Å²) in [6.45, 7) is 2.22. The molecular formula is C23H26FN3O. The van der Waals surface area contributed by atoms with E-state index in [0.29, 0.717) is 17.8 Å². The van der Waals surface area contributed by atoms with Crippen LogP contribution in [0.4, 0.5) is 10.1 Å². The van der Waals surface area contributed by atoms with Gasteiger partial charge in [-0.25, -0.2) is 4.39 Å². The second-order valence-corrected chi connectivity index (χ2v) is 7.68. The lowest BCUT2D eigenvalue weighted by atomic mass is 9.92. The van der Waals surface area contributed by atoms with E-state index >= 15 is 0 Å². The third-order valence-corrected chi connectivity index (χ3v) is 5.64. The summed E-state index contributed by atoms with van der Waals surface area (Å²) in [4.78, 5) is 2.27. The molecule has 4 nitrogen and oxygen atoms in total. The van der Waals surface area contributed by atoms with Crippen molar-refractivity contribution in [3.63, 3.8) is 0 Å². The molecule has 0 bridgehead atoms. The maximum absolute atomic E-state index is 13.3. The molecule has 5 heteroatoms. The molecule has 2 N–H and O–H groups in total. The zero-order valence-corrected chi connectivity index (χ0v) is 16.3. The largest absolute Gasteiger partial charge is 0.456 e. The lowest BCUT2D eigenvalue weighted by Crippen LogP contribution is -2.33. The summed E-state index contributed by atoms with van der Waals surface area (Å²) >= 11 is 0. The molecule has 28 heavy (non-hydrogen) atoms. The first kappa shape index (κ1) is 18.5. The highest BCUT2D eigenvalue weighted by molar-refractivity contribution is 6.09. The molecule has 0 aromatic heterocycles. The van der Waals surface area contributed by atoms with Crippen LogP contribution in [0.25, 0.3) is 5.57 Å². The van der Waals surface area contributed by atoms with Crippen molar-refractivity contribution < 1.29 is 9.13 Å². The van der Waals surface area contributed by atoms with Gasteiger partial charge in [0.05, 0.1) is 0 Å². The smallest absolute Gasteiger partial charge is 0.140 e.